The van der Waals surface area contributed by atoms with Crippen LogP contribution in [-0.2, 0) is 10.0 Å². The fraction of sp³-hybridized carbons (Fsp3) is 0.364. The molecule has 2 aromatic carbocycles. The number of non-ortho nitro benzene ring substituents is 1. The molecule has 0 atom stereocenters. The van der Waals surface area contributed by atoms with Crippen LogP contribution in [-0.4, -0.2) is 41.6 Å². The van der Waals surface area contributed by atoms with E-state index in [9.17, 15) is 23.3 Å². The van der Waals surface area contributed by atoms with Crippen LogP contribution < -0.4 is 5.32 Å². The van der Waals surface area contributed by atoms with E-state index in [1.165, 1.54) is 22.5 Å². The molecular weight excluding hydrogens is 500 g/mol. The highest BCUT2D eigenvalue weighted by molar-refractivity contribution is 7.89. The van der Waals surface area contributed by atoms with Crippen molar-refractivity contribution >= 4 is 59.9 Å². The molecule has 0 aliphatic rings. The van der Waals surface area contributed by atoms with Crippen LogP contribution in [0.3, 0.4) is 0 Å². The minimum Gasteiger partial charge on any atom is -0.298 e. The lowest BCUT2D eigenvalue weighted by Crippen LogP contribution is -2.37. The van der Waals surface area contributed by atoms with Gasteiger partial charge in [-0.25, -0.2) is 13.4 Å². The van der Waals surface area contributed by atoms with E-state index in [1.807, 2.05) is 27.7 Å². The molecule has 1 heterocycles. The maximum atomic E-state index is 13.3. The van der Waals surface area contributed by atoms with Gasteiger partial charge in [0.1, 0.15) is 0 Å². The largest absolute Gasteiger partial charge is 0.298 e. The number of nitro benzene ring substituents is 1. The average molecular weight is 525 g/mol. The van der Waals surface area contributed by atoms with Crippen molar-refractivity contribution in [2.45, 2.75) is 32.6 Å². The summed E-state index contributed by atoms with van der Waals surface area (Å²) in [6.45, 7) is 8.70. The van der Waals surface area contributed by atoms with Gasteiger partial charge in [0, 0.05) is 25.2 Å². The molecule has 0 radical (unpaired) electrons. The van der Waals surface area contributed by atoms with Crippen LogP contribution in [0.2, 0.25) is 5.02 Å². The molecule has 0 unspecified atom stereocenters. The fourth-order valence-corrected chi connectivity index (χ4v) is 6.29. The molecule has 0 aliphatic heterocycles. The molecule has 12 heteroatoms. The summed E-state index contributed by atoms with van der Waals surface area (Å²) in [4.78, 5) is 27.5. The van der Waals surface area contributed by atoms with Crippen LogP contribution in [0.5, 0.6) is 0 Å². The van der Waals surface area contributed by atoms with E-state index in [1.54, 1.807) is 12.1 Å². The molecule has 1 aromatic heterocycles. The SMILES string of the molecule is CC(C)CN(CC(C)C)S(=O)(=O)c1ccc2nc(NC(=O)c3cc([N+](=O)[O-])ccc3Cl)sc2c1. The van der Waals surface area contributed by atoms with E-state index >= 15 is 0 Å². The van der Waals surface area contributed by atoms with Crippen LogP contribution in [0, 0.1) is 22.0 Å². The van der Waals surface area contributed by atoms with Gasteiger partial charge >= 0.3 is 0 Å². The number of fused-ring (bicyclic) bond motifs is 1. The quantitative estimate of drug-likeness (QED) is 0.295. The number of benzene rings is 2. The second-order valence-electron chi connectivity index (χ2n) is 8.63. The lowest BCUT2D eigenvalue weighted by atomic mass is 10.2. The highest BCUT2D eigenvalue weighted by Crippen LogP contribution is 2.31. The summed E-state index contributed by atoms with van der Waals surface area (Å²) < 4.78 is 28.7. The number of anilines is 1. The molecule has 0 fully saturated rings. The van der Waals surface area contributed by atoms with Crippen LogP contribution in [0.1, 0.15) is 38.1 Å². The Bertz CT molecular complexity index is 1330. The van der Waals surface area contributed by atoms with Crippen molar-refractivity contribution in [1.29, 1.82) is 0 Å². The first-order valence-corrected chi connectivity index (χ1v) is 13.2. The molecule has 1 amide bonds. The third-order valence-corrected chi connectivity index (χ3v) is 7.85. The average Bonchev–Trinajstić information content (AvgIpc) is 3.14. The van der Waals surface area contributed by atoms with E-state index in [0.29, 0.717) is 23.3 Å². The van der Waals surface area contributed by atoms with E-state index in [-0.39, 0.29) is 38.1 Å². The molecule has 0 saturated heterocycles. The first-order chi connectivity index (χ1) is 15.9. The zero-order valence-electron chi connectivity index (χ0n) is 19.1. The van der Waals surface area contributed by atoms with Crippen molar-refractivity contribution in [1.82, 2.24) is 9.29 Å². The van der Waals surface area contributed by atoms with Gasteiger partial charge in [-0.1, -0.05) is 50.6 Å². The minimum absolute atomic E-state index is 0.0589. The van der Waals surface area contributed by atoms with Gasteiger partial charge in [0.25, 0.3) is 11.6 Å². The normalized spacial score (nSPS) is 12.1. The predicted octanol–water partition coefficient (Wildman–Crippen LogP) is 5.41. The summed E-state index contributed by atoms with van der Waals surface area (Å²) in [5.74, 6) is -0.313. The van der Waals surface area contributed by atoms with E-state index in [0.717, 1.165) is 17.4 Å². The molecule has 182 valence electrons. The number of nitro groups is 1. The first-order valence-electron chi connectivity index (χ1n) is 10.5. The number of nitrogens with zero attached hydrogens (tertiary/aromatic N) is 3. The fourth-order valence-electron chi connectivity index (χ4n) is 3.32. The van der Waals surface area contributed by atoms with Gasteiger partial charge in [-0.3, -0.25) is 20.2 Å². The number of carbonyl (C=O) groups excluding carboxylic acids is 1. The van der Waals surface area contributed by atoms with Crippen molar-refractivity contribution in [3.05, 3.63) is 57.1 Å². The maximum absolute atomic E-state index is 13.3. The molecular formula is C22H25ClN4O5S2. The van der Waals surface area contributed by atoms with Crippen molar-refractivity contribution in [2.24, 2.45) is 11.8 Å². The second kappa shape index (κ2) is 10.3. The van der Waals surface area contributed by atoms with Crippen LogP contribution in [0.25, 0.3) is 10.2 Å². The molecule has 1 N–H and O–H groups in total. The summed E-state index contributed by atoms with van der Waals surface area (Å²) in [6.07, 6.45) is 0. The monoisotopic (exact) mass is 524 g/mol. The Hall–Kier alpha value is -2.60. The number of rotatable bonds is 9. The number of hydrogen-bond donors (Lipinski definition) is 1. The van der Waals surface area contributed by atoms with Crippen LogP contribution in [0.4, 0.5) is 10.8 Å². The van der Waals surface area contributed by atoms with Crippen LogP contribution >= 0.6 is 22.9 Å². The van der Waals surface area contributed by atoms with Crippen molar-refractivity contribution in [3.63, 3.8) is 0 Å². The van der Waals surface area contributed by atoms with E-state index in [2.05, 4.69) is 10.3 Å². The van der Waals surface area contributed by atoms with E-state index < -0.39 is 20.9 Å². The molecule has 0 aliphatic carbocycles. The highest BCUT2D eigenvalue weighted by atomic mass is 35.5. The smallest absolute Gasteiger partial charge is 0.270 e. The van der Waals surface area contributed by atoms with Gasteiger partial charge in [0.15, 0.2) is 5.13 Å². The van der Waals surface area contributed by atoms with Crippen molar-refractivity contribution in [3.8, 4) is 0 Å². The molecule has 34 heavy (non-hydrogen) atoms. The van der Waals surface area contributed by atoms with Gasteiger partial charge < -0.3 is 0 Å². The van der Waals surface area contributed by atoms with E-state index in [4.69, 9.17) is 11.6 Å². The summed E-state index contributed by atoms with van der Waals surface area (Å²) >= 11 is 7.14. The van der Waals surface area contributed by atoms with Crippen molar-refractivity contribution < 1.29 is 18.1 Å². The van der Waals surface area contributed by atoms with Gasteiger partial charge in [0.05, 0.1) is 30.6 Å². The lowest BCUT2D eigenvalue weighted by Gasteiger charge is -2.25. The summed E-state index contributed by atoms with van der Waals surface area (Å²) in [5.41, 5.74) is 0.195. The number of sulfonamides is 1. The first kappa shape index (κ1) is 26.0. The number of thiazole rings is 1. The Morgan fingerprint density at radius 2 is 1.79 bits per heavy atom. The van der Waals surface area contributed by atoms with Gasteiger partial charge in [-0.05, 0) is 36.1 Å². The Labute approximate surface area is 207 Å². The summed E-state index contributed by atoms with van der Waals surface area (Å²) in [5, 5.41) is 13.9. The zero-order valence-corrected chi connectivity index (χ0v) is 21.5. The molecule has 0 bridgehead atoms. The van der Waals surface area contributed by atoms with Crippen molar-refractivity contribution in [2.75, 3.05) is 18.4 Å². The molecule has 0 saturated carbocycles. The topological polar surface area (TPSA) is 123 Å². The van der Waals surface area contributed by atoms with Gasteiger partial charge in [-0.15, -0.1) is 0 Å². The van der Waals surface area contributed by atoms with Gasteiger partial charge in [0.2, 0.25) is 10.0 Å². The Kier molecular flexibility index (Phi) is 7.91. The number of amides is 1. The second-order valence-corrected chi connectivity index (χ2v) is 12.0. The number of halogens is 1. The zero-order chi connectivity index (χ0) is 25.2. The molecule has 3 aromatic rings. The third-order valence-electron chi connectivity index (χ3n) is 4.76. The highest BCUT2D eigenvalue weighted by Gasteiger charge is 2.26. The van der Waals surface area contributed by atoms with Crippen LogP contribution in [0.15, 0.2) is 41.3 Å². The lowest BCUT2D eigenvalue weighted by molar-refractivity contribution is -0.384. The third kappa shape index (κ3) is 5.90. The number of aromatic nitrogens is 1. The Morgan fingerprint density at radius 3 is 2.38 bits per heavy atom. The molecule has 0 spiro atoms. The number of nitrogens with one attached hydrogen (secondary N) is 1. The number of carbonyl (C=O) groups is 1. The minimum atomic E-state index is -3.71. The molecule has 3 rings (SSSR count). The standard InChI is InChI=1S/C22H25ClN4O5S2/c1-13(2)11-26(12-14(3)4)34(31,32)16-6-8-19-20(10-16)33-22(24-19)25-21(28)17-9-15(27(29)30)5-7-18(17)23/h5-10,13-14H,11-12H2,1-4H3,(H,24,25,28). The Balaban J connectivity index is 1.90. The maximum Gasteiger partial charge on any atom is 0.270 e. The summed E-state index contributed by atoms with van der Waals surface area (Å²) in [6, 6.07) is 8.23. The predicted molar refractivity (Wildman–Crippen MR) is 134 cm³/mol. The molecule has 9 nitrogen and oxygen atoms in total. The Morgan fingerprint density at radius 1 is 1.15 bits per heavy atom. The van der Waals surface area contributed by atoms with Gasteiger partial charge in [-0.2, -0.15) is 4.31 Å². The summed E-state index contributed by atoms with van der Waals surface area (Å²) in [7, 11) is -3.71. The number of hydrogen-bond acceptors (Lipinski definition) is 7.